The molecule has 0 radical (unpaired) electrons. The fourth-order valence-corrected chi connectivity index (χ4v) is 1.91. The van der Waals surface area contributed by atoms with E-state index in [1.165, 1.54) is 0 Å². The van der Waals surface area contributed by atoms with Crippen LogP contribution in [0.1, 0.15) is 29.3 Å². The van der Waals surface area contributed by atoms with Gasteiger partial charge in [0.25, 0.3) is 0 Å². The van der Waals surface area contributed by atoms with E-state index < -0.39 is 0 Å². The largest absolute Gasteiger partial charge is 0.379 e. The molecule has 0 saturated carbocycles. The number of ether oxygens (including phenoxy) is 1. The molecule has 4 nitrogen and oxygen atoms in total. The van der Waals surface area contributed by atoms with Gasteiger partial charge in [0.1, 0.15) is 0 Å². The molecule has 92 valence electrons. The molecule has 1 unspecified atom stereocenters. The normalized spacial score (nSPS) is 23.8. The van der Waals surface area contributed by atoms with Gasteiger partial charge in [-0.3, -0.25) is 4.79 Å². The number of primary amides is 1. The molecule has 4 heteroatoms. The topological polar surface area (TPSA) is 64.3 Å². The van der Waals surface area contributed by atoms with Crippen LogP contribution in [0.4, 0.5) is 0 Å². The fraction of sp³-hybridized carbons (Fsp3) is 0.462. The van der Waals surface area contributed by atoms with Crippen LogP contribution in [0.2, 0.25) is 0 Å². The Morgan fingerprint density at radius 2 is 2.18 bits per heavy atom. The molecule has 1 fully saturated rings. The number of carbonyl (C=O) groups excluding carboxylic acids is 1. The summed E-state index contributed by atoms with van der Waals surface area (Å²) in [6.45, 7) is 4.52. The lowest BCUT2D eigenvalue weighted by Gasteiger charge is -2.23. The summed E-state index contributed by atoms with van der Waals surface area (Å²) in [7, 11) is 0. The molecule has 0 bridgehead atoms. The van der Waals surface area contributed by atoms with Crippen molar-refractivity contribution in [2.24, 2.45) is 5.73 Å². The van der Waals surface area contributed by atoms with Crippen LogP contribution in [0.5, 0.6) is 0 Å². The number of amides is 1. The highest BCUT2D eigenvalue weighted by atomic mass is 16.5. The molecule has 1 aromatic carbocycles. The first kappa shape index (κ1) is 12.1. The van der Waals surface area contributed by atoms with Gasteiger partial charge in [-0.05, 0) is 31.0 Å². The van der Waals surface area contributed by atoms with Crippen molar-refractivity contribution in [3.05, 3.63) is 35.4 Å². The van der Waals surface area contributed by atoms with E-state index in [0.29, 0.717) is 5.56 Å². The molecule has 17 heavy (non-hydrogen) atoms. The summed E-state index contributed by atoms with van der Waals surface area (Å²) in [4.78, 5) is 10.9. The van der Waals surface area contributed by atoms with Crippen molar-refractivity contribution in [1.29, 1.82) is 0 Å². The van der Waals surface area contributed by atoms with Crippen LogP contribution in [-0.4, -0.2) is 24.7 Å². The van der Waals surface area contributed by atoms with Crippen LogP contribution >= 0.6 is 0 Å². The van der Waals surface area contributed by atoms with Crippen LogP contribution in [0, 0.1) is 0 Å². The molecular formula is C13H18N2O2. The molecule has 1 atom stereocenters. The van der Waals surface area contributed by atoms with E-state index in [9.17, 15) is 4.79 Å². The summed E-state index contributed by atoms with van der Waals surface area (Å²) >= 11 is 0. The first-order chi connectivity index (χ1) is 8.09. The van der Waals surface area contributed by atoms with Crippen molar-refractivity contribution in [1.82, 2.24) is 5.32 Å². The summed E-state index contributed by atoms with van der Waals surface area (Å²) < 4.78 is 5.38. The number of hydrogen-bond acceptors (Lipinski definition) is 3. The van der Waals surface area contributed by atoms with Crippen LogP contribution < -0.4 is 11.1 Å². The Hall–Kier alpha value is -1.39. The maximum Gasteiger partial charge on any atom is 0.248 e. The van der Waals surface area contributed by atoms with Gasteiger partial charge in [-0.25, -0.2) is 0 Å². The van der Waals surface area contributed by atoms with Gasteiger partial charge < -0.3 is 15.8 Å². The summed E-state index contributed by atoms with van der Waals surface area (Å²) in [5.41, 5.74) is 6.95. The first-order valence-electron chi connectivity index (χ1n) is 5.81. The zero-order valence-electron chi connectivity index (χ0n) is 10.0. The van der Waals surface area contributed by atoms with E-state index in [-0.39, 0.29) is 11.4 Å². The molecule has 1 aliphatic heterocycles. The number of hydrogen-bond donors (Lipinski definition) is 2. The SMILES string of the molecule is CC1(NCc2ccc(C(N)=O)cc2)CCOC1. The zero-order chi connectivity index (χ0) is 12.3. The summed E-state index contributed by atoms with van der Waals surface area (Å²) in [5, 5.41) is 3.48. The van der Waals surface area contributed by atoms with Crippen molar-refractivity contribution in [2.45, 2.75) is 25.4 Å². The third-order valence-corrected chi connectivity index (χ3v) is 3.18. The lowest BCUT2D eigenvalue weighted by molar-refractivity contribution is 0.100. The van der Waals surface area contributed by atoms with Gasteiger partial charge in [-0.1, -0.05) is 12.1 Å². The molecule has 3 N–H and O–H groups in total. The standard InChI is InChI=1S/C13H18N2O2/c1-13(6-7-17-9-13)15-8-10-2-4-11(5-3-10)12(14)16/h2-5,15H,6-9H2,1H3,(H2,14,16). The smallest absolute Gasteiger partial charge is 0.248 e. The summed E-state index contributed by atoms with van der Waals surface area (Å²) in [6, 6.07) is 7.36. The average Bonchev–Trinajstić information content (AvgIpc) is 2.75. The Kier molecular flexibility index (Phi) is 3.45. The van der Waals surface area contributed by atoms with Gasteiger partial charge in [-0.2, -0.15) is 0 Å². The number of nitrogens with one attached hydrogen (secondary N) is 1. The van der Waals surface area contributed by atoms with Gasteiger partial charge in [0.2, 0.25) is 5.91 Å². The molecular weight excluding hydrogens is 216 g/mol. The molecule has 1 aromatic rings. The average molecular weight is 234 g/mol. The van der Waals surface area contributed by atoms with Crippen molar-refractivity contribution < 1.29 is 9.53 Å². The minimum Gasteiger partial charge on any atom is -0.379 e. The van der Waals surface area contributed by atoms with E-state index in [0.717, 1.165) is 31.7 Å². The van der Waals surface area contributed by atoms with Crippen LogP contribution in [0.15, 0.2) is 24.3 Å². The van der Waals surface area contributed by atoms with Crippen molar-refractivity contribution in [3.8, 4) is 0 Å². The zero-order valence-corrected chi connectivity index (χ0v) is 10.0. The van der Waals surface area contributed by atoms with Crippen LogP contribution in [-0.2, 0) is 11.3 Å². The number of benzene rings is 1. The minimum absolute atomic E-state index is 0.0718. The monoisotopic (exact) mass is 234 g/mol. The third kappa shape index (κ3) is 3.05. The third-order valence-electron chi connectivity index (χ3n) is 3.18. The highest BCUT2D eigenvalue weighted by molar-refractivity contribution is 5.92. The Morgan fingerprint density at radius 1 is 1.47 bits per heavy atom. The van der Waals surface area contributed by atoms with Gasteiger partial charge in [0.05, 0.1) is 6.61 Å². The number of nitrogens with two attached hydrogens (primary N) is 1. The maximum absolute atomic E-state index is 10.9. The lowest BCUT2D eigenvalue weighted by atomic mass is 10.0. The maximum atomic E-state index is 10.9. The van der Waals surface area contributed by atoms with E-state index >= 15 is 0 Å². The van der Waals surface area contributed by atoms with Crippen LogP contribution in [0.25, 0.3) is 0 Å². The molecule has 1 heterocycles. The summed E-state index contributed by atoms with van der Waals surface area (Å²) in [6.07, 6.45) is 1.03. The highest BCUT2D eigenvalue weighted by Gasteiger charge is 2.28. The Bertz CT molecular complexity index is 394. The lowest BCUT2D eigenvalue weighted by Crippen LogP contribution is -2.42. The number of rotatable bonds is 4. The van der Waals surface area contributed by atoms with E-state index in [4.69, 9.17) is 10.5 Å². The van der Waals surface area contributed by atoms with Crippen molar-refractivity contribution in [3.63, 3.8) is 0 Å². The summed E-state index contributed by atoms with van der Waals surface area (Å²) in [5.74, 6) is -0.388. The van der Waals surface area contributed by atoms with Gasteiger partial charge in [0.15, 0.2) is 0 Å². The van der Waals surface area contributed by atoms with E-state index in [1.807, 2.05) is 12.1 Å². The first-order valence-corrected chi connectivity index (χ1v) is 5.81. The van der Waals surface area contributed by atoms with Crippen molar-refractivity contribution in [2.75, 3.05) is 13.2 Å². The molecule has 0 aromatic heterocycles. The Morgan fingerprint density at radius 3 is 2.71 bits per heavy atom. The predicted molar refractivity (Wildman–Crippen MR) is 65.6 cm³/mol. The molecule has 0 spiro atoms. The van der Waals surface area contributed by atoms with Gasteiger partial charge in [0, 0.05) is 24.3 Å². The van der Waals surface area contributed by atoms with Gasteiger partial charge in [-0.15, -0.1) is 0 Å². The second-order valence-corrected chi connectivity index (χ2v) is 4.78. The predicted octanol–water partition coefficient (Wildman–Crippen LogP) is 1.05. The second-order valence-electron chi connectivity index (χ2n) is 4.78. The molecule has 1 saturated heterocycles. The molecule has 1 aliphatic rings. The van der Waals surface area contributed by atoms with Crippen LogP contribution in [0.3, 0.4) is 0 Å². The molecule has 2 rings (SSSR count). The minimum atomic E-state index is -0.388. The van der Waals surface area contributed by atoms with Gasteiger partial charge >= 0.3 is 0 Å². The second kappa shape index (κ2) is 4.85. The molecule has 1 amide bonds. The quantitative estimate of drug-likeness (QED) is 0.818. The molecule has 0 aliphatic carbocycles. The Balaban J connectivity index is 1.93. The van der Waals surface area contributed by atoms with E-state index in [2.05, 4.69) is 12.2 Å². The van der Waals surface area contributed by atoms with E-state index in [1.54, 1.807) is 12.1 Å². The number of carbonyl (C=O) groups is 1. The Labute approximate surface area is 101 Å². The fourth-order valence-electron chi connectivity index (χ4n) is 1.91. The van der Waals surface area contributed by atoms with Crippen molar-refractivity contribution >= 4 is 5.91 Å². The highest BCUT2D eigenvalue weighted by Crippen LogP contribution is 2.18.